The summed E-state index contributed by atoms with van der Waals surface area (Å²) in [5, 5.41) is 9.74. The summed E-state index contributed by atoms with van der Waals surface area (Å²) in [4.78, 5) is 44.2. The second-order valence-corrected chi connectivity index (χ2v) is 9.22. The molecule has 0 bridgehead atoms. The summed E-state index contributed by atoms with van der Waals surface area (Å²) in [6.07, 6.45) is 2.79. The summed E-state index contributed by atoms with van der Waals surface area (Å²) >= 11 is 0. The number of amides is 2. The molecular formula is C21H30N6O3. The molecule has 2 amide bonds. The highest BCUT2D eigenvalue weighted by Gasteiger charge is 2.33. The Morgan fingerprint density at radius 2 is 1.90 bits per heavy atom. The number of H-pyrrole nitrogens is 1. The van der Waals surface area contributed by atoms with Crippen LogP contribution in [0.1, 0.15) is 57.0 Å². The molecule has 30 heavy (non-hydrogen) atoms. The van der Waals surface area contributed by atoms with Crippen molar-refractivity contribution in [2.45, 2.75) is 66.8 Å². The smallest absolute Gasteiger partial charge is 0.314 e. The maximum absolute atomic E-state index is 12.6. The lowest BCUT2D eigenvalue weighted by atomic mass is 9.70. The van der Waals surface area contributed by atoms with Gasteiger partial charge in [-0.25, -0.2) is 4.98 Å². The van der Waals surface area contributed by atoms with Crippen molar-refractivity contribution >= 4 is 17.6 Å². The quantitative estimate of drug-likeness (QED) is 0.665. The SMILES string of the molecule is Cc1cc(NC(=O)C(=O)N[C@H]2C[C@H](C)CC(C)(C)C2)n(-c2nc(C)c(C)c(=O)[nH]2)n1. The van der Waals surface area contributed by atoms with E-state index < -0.39 is 11.8 Å². The Balaban J connectivity index is 1.76. The molecule has 0 aliphatic heterocycles. The number of aromatic nitrogens is 4. The molecule has 2 atom stereocenters. The van der Waals surface area contributed by atoms with Gasteiger partial charge in [0, 0.05) is 23.4 Å². The topological polar surface area (TPSA) is 122 Å². The highest BCUT2D eigenvalue weighted by Crippen LogP contribution is 2.38. The number of hydrogen-bond acceptors (Lipinski definition) is 5. The fourth-order valence-corrected chi connectivity index (χ4v) is 4.36. The van der Waals surface area contributed by atoms with E-state index in [4.69, 9.17) is 0 Å². The number of anilines is 1. The second-order valence-electron chi connectivity index (χ2n) is 9.22. The monoisotopic (exact) mass is 414 g/mol. The van der Waals surface area contributed by atoms with Crippen LogP contribution in [0.5, 0.6) is 0 Å². The van der Waals surface area contributed by atoms with E-state index in [0.29, 0.717) is 22.9 Å². The summed E-state index contributed by atoms with van der Waals surface area (Å²) < 4.78 is 1.32. The van der Waals surface area contributed by atoms with Gasteiger partial charge in [-0.05, 0) is 51.4 Å². The number of hydrogen-bond donors (Lipinski definition) is 3. The third kappa shape index (κ3) is 4.77. The maximum Gasteiger partial charge on any atom is 0.314 e. The molecule has 0 spiro atoms. The van der Waals surface area contributed by atoms with Gasteiger partial charge in [0.15, 0.2) is 0 Å². The van der Waals surface area contributed by atoms with E-state index in [9.17, 15) is 14.4 Å². The van der Waals surface area contributed by atoms with Gasteiger partial charge in [0.25, 0.3) is 5.56 Å². The van der Waals surface area contributed by atoms with Crippen LogP contribution in [0.15, 0.2) is 10.9 Å². The van der Waals surface area contributed by atoms with Crippen molar-refractivity contribution in [1.29, 1.82) is 0 Å². The molecule has 1 saturated carbocycles. The Hall–Kier alpha value is -2.97. The molecule has 0 saturated heterocycles. The molecule has 162 valence electrons. The minimum atomic E-state index is -0.779. The summed E-state index contributed by atoms with van der Waals surface area (Å²) in [7, 11) is 0. The van der Waals surface area contributed by atoms with Gasteiger partial charge in [-0.3, -0.25) is 19.4 Å². The fourth-order valence-electron chi connectivity index (χ4n) is 4.36. The number of rotatable bonds is 3. The number of aryl methyl sites for hydroxylation is 2. The molecular weight excluding hydrogens is 384 g/mol. The lowest BCUT2D eigenvalue weighted by Gasteiger charge is -2.39. The number of nitrogens with one attached hydrogen (secondary N) is 3. The summed E-state index contributed by atoms with van der Waals surface area (Å²) in [6.45, 7) is 11.7. The molecule has 1 aliphatic carbocycles. The molecule has 1 fully saturated rings. The molecule has 0 unspecified atom stereocenters. The first-order valence-electron chi connectivity index (χ1n) is 10.2. The van der Waals surface area contributed by atoms with Gasteiger partial charge in [0.05, 0.1) is 5.69 Å². The van der Waals surface area contributed by atoms with E-state index in [-0.39, 0.29) is 28.8 Å². The minimum absolute atomic E-state index is 0.0357. The van der Waals surface area contributed by atoms with Gasteiger partial charge in [-0.15, -0.1) is 0 Å². The Morgan fingerprint density at radius 3 is 2.53 bits per heavy atom. The Morgan fingerprint density at radius 1 is 1.20 bits per heavy atom. The molecule has 0 radical (unpaired) electrons. The summed E-state index contributed by atoms with van der Waals surface area (Å²) in [6, 6.07) is 1.58. The standard InChI is InChI=1S/C21H30N6O3/c1-11-7-15(10-21(5,6)9-11)23-18(29)19(30)24-16-8-12(2)26-27(16)20-22-14(4)13(3)17(28)25-20/h8,11,15H,7,9-10H2,1-6H3,(H,23,29)(H,24,30)(H,22,25,28)/t11-,15-/m0/s1. The minimum Gasteiger partial charge on any atom is -0.345 e. The maximum atomic E-state index is 12.6. The van der Waals surface area contributed by atoms with Crippen molar-refractivity contribution in [1.82, 2.24) is 25.1 Å². The Kier molecular flexibility index (Phi) is 5.83. The zero-order valence-electron chi connectivity index (χ0n) is 18.4. The molecule has 3 rings (SSSR count). The lowest BCUT2D eigenvalue weighted by Crippen LogP contribution is -2.46. The van der Waals surface area contributed by atoms with E-state index in [1.165, 1.54) is 4.68 Å². The van der Waals surface area contributed by atoms with Crippen LogP contribution in [-0.4, -0.2) is 37.6 Å². The van der Waals surface area contributed by atoms with Crippen molar-refractivity contribution in [3.05, 3.63) is 33.4 Å². The fraction of sp³-hybridized carbons (Fsp3) is 0.571. The van der Waals surface area contributed by atoms with Gasteiger partial charge in [-0.2, -0.15) is 9.78 Å². The van der Waals surface area contributed by atoms with Crippen molar-refractivity contribution in [3.63, 3.8) is 0 Å². The average molecular weight is 415 g/mol. The largest absolute Gasteiger partial charge is 0.345 e. The van der Waals surface area contributed by atoms with Crippen LogP contribution >= 0.6 is 0 Å². The Bertz CT molecular complexity index is 1040. The van der Waals surface area contributed by atoms with Crippen molar-refractivity contribution < 1.29 is 9.59 Å². The van der Waals surface area contributed by atoms with E-state index in [1.54, 1.807) is 26.8 Å². The van der Waals surface area contributed by atoms with Crippen LogP contribution in [0.25, 0.3) is 5.95 Å². The van der Waals surface area contributed by atoms with E-state index >= 15 is 0 Å². The van der Waals surface area contributed by atoms with Gasteiger partial charge in [0.1, 0.15) is 5.82 Å². The lowest BCUT2D eigenvalue weighted by molar-refractivity contribution is -0.137. The predicted molar refractivity (Wildman–Crippen MR) is 114 cm³/mol. The van der Waals surface area contributed by atoms with Crippen LogP contribution in [-0.2, 0) is 9.59 Å². The molecule has 9 nitrogen and oxygen atoms in total. The third-order valence-electron chi connectivity index (χ3n) is 5.58. The summed E-state index contributed by atoms with van der Waals surface area (Å²) in [5.41, 5.74) is 1.52. The number of nitrogens with zero attached hydrogens (tertiary/aromatic N) is 3. The van der Waals surface area contributed by atoms with Gasteiger partial charge >= 0.3 is 11.8 Å². The predicted octanol–water partition coefficient (Wildman–Crippen LogP) is 2.15. The first-order valence-corrected chi connectivity index (χ1v) is 10.2. The molecule has 3 N–H and O–H groups in total. The number of aromatic amines is 1. The van der Waals surface area contributed by atoms with Crippen molar-refractivity contribution in [2.75, 3.05) is 5.32 Å². The molecule has 0 aromatic carbocycles. The van der Waals surface area contributed by atoms with Crippen LogP contribution in [0.3, 0.4) is 0 Å². The van der Waals surface area contributed by atoms with Gasteiger partial charge in [-0.1, -0.05) is 20.8 Å². The second kappa shape index (κ2) is 8.04. The van der Waals surface area contributed by atoms with Crippen LogP contribution in [0.2, 0.25) is 0 Å². The zero-order valence-corrected chi connectivity index (χ0v) is 18.4. The number of carbonyl (C=O) groups is 2. The zero-order chi connectivity index (χ0) is 22.2. The third-order valence-corrected chi connectivity index (χ3v) is 5.58. The summed E-state index contributed by atoms with van der Waals surface area (Å²) in [5.74, 6) is -0.541. The molecule has 9 heteroatoms. The van der Waals surface area contributed by atoms with Crippen LogP contribution in [0, 0.1) is 32.1 Å². The number of carbonyl (C=O) groups excluding carboxylic acids is 2. The van der Waals surface area contributed by atoms with E-state index in [2.05, 4.69) is 46.5 Å². The first kappa shape index (κ1) is 21.7. The average Bonchev–Trinajstić information content (AvgIpc) is 2.97. The molecule has 2 heterocycles. The van der Waals surface area contributed by atoms with Crippen LogP contribution in [0.4, 0.5) is 5.82 Å². The molecule has 2 aromatic heterocycles. The van der Waals surface area contributed by atoms with Crippen molar-refractivity contribution in [3.8, 4) is 5.95 Å². The first-order chi connectivity index (χ1) is 13.9. The van der Waals surface area contributed by atoms with Gasteiger partial charge in [0.2, 0.25) is 5.95 Å². The van der Waals surface area contributed by atoms with Gasteiger partial charge < -0.3 is 10.6 Å². The van der Waals surface area contributed by atoms with E-state index in [0.717, 1.165) is 19.3 Å². The van der Waals surface area contributed by atoms with Crippen molar-refractivity contribution in [2.24, 2.45) is 11.3 Å². The van der Waals surface area contributed by atoms with E-state index in [1.807, 2.05) is 0 Å². The Labute approximate surface area is 175 Å². The molecule has 2 aromatic rings. The molecule has 1 aliphatic rings. The van der Waals surface area contributed by atoms with Crippen LogP contribution < -0.4 is 16.2 Å². The normalized spacial score (nSPS) is 20.6. The highest BCUT2D eigenvalue weighted by atomic mass is 16.2. The highest BCUT2D eigenvalue weighted by molar-refractivity contribution is 6.39.